The summed E-state index contributed by atoms with van der Waals surface area (Å²) in [5, 5.41) is 0. The number of carbonyl (C=O) groups is 1. The average molecular weight is 227 g/mol. The van der Waals surface area contributed by atoms with E-state index >= 15 is 0 Å². The highest BCUT2D eigenvalue weighted by Gasteiger charge is 2.23. The van der Waals surface area contributed by atoms with Gasteiger partial charge in [-0.3, -0.25) is 4.79 Å². The van der Waals surface area contributed by atoms with Crippen LogP contribution in [0, 0.1) is 11.8 Å². The minimum Gasteiger partial charge on any atom is -0.345 e. The third kappa shape index (κ3) is 4.10. The van der Waals surface area contributed by atoms with Gasteiger partial charge >= 0.3 is 0 Å². The predicted octanol–water partition coefficient (Wildman–Crippen LogP) is 0.381. The number of hydrogen-bond acceptors (Lipinski definition) is 3. The molecule has 4 nitrogen and oxygen atoms in total. The van der Waals surface area contributed by atoms with E-state index in [9.17, 15) is 4.79 Å². The molecule has 1 aliphatic rings. The van der Waals surface area contributed by atoms with E-state index in [4.69, 9.17) is 5.73 Å². The van der Waals surface area contributed by atoms with Gasteiger partial charge in [0.05, 0.1) is 0 Å². The van der Waals surface area contributed by atoms with Crippen molar-refractivity contribution in [3.8, 4) is 0 Å². The first-order chi connectivity index (χ1) is 7.52. The Hall–Kier alpha value is -0.610. The minimum absolute atomic E-state index is 0.264. The van der Waals surface area contributed by atoms with Crippen LogP contribution in [0.15, 0.2) is 0 Å². The van der Waals surface area contributed by atoms with Crippen LogP contribution in [-0.4, -0.2) is 56.0 Å². The second-order valence-electron chi connectivity index (χ2n) is 5.24. The van der Waals surface area contributed by atoms with Gasteiger partial charge in [0.1, 0.15) is 0 Å². The summed E-state index contributed by atoms with van der Waals surface area (Å²) in [6, 6.07) is 0. The fourth-order valence-corrected chi connectivity index (χ4v) is 2.24. The molecule has 94 valence electrons. The molecule has 2 N–H and O–H groups in total. The highest BCUT2D eigenvalue weighted by atomic mass is 16.2. The van der Waals surface area contributed by atoms with Gasteiger partial charge in [-0.15, -0.1) is 0 Å². The van der Waals surface area contributed by atoms with Crippen LogP contribution in [0.3, 0.4) is 0 Å². The molecule has 0 aromatic carbocycles. The van der Waals surface area contributed by atoms with Crippen molar-refractivity contribution in [1.29, 1.82) is 0 Å². The summed E-state index contributed by atoms with van der Waals surface area (Å²) in [6.45, 7) is 5.68. The third-order valence-corrected chi connectivity index (χ3v) is 3.37. The number of hydrogen-bond donors (Lipinski definition) is 1. The molecule has 0 spiro atoms. The van der Waals surface area contributed by atoms with Crippen molar-refractivity contribution in [2.45, 2.75) is 19.8 Å². The molecule has 0 bridgehead atoms. The maximum atomic E-state index is 11.9. The molecule has 1 rings (SSSR count). The number of nitrogens with two attached hydrogens (primary N) is 1. The average Bonchev–Trinajstić information content (AvgIpc) is 2.63. The van der Waals surface area contributed by atoms with Crippen molar-refractivity contribution in [1.82, 2.24) is 9.80 Å². The van der Waals surface area contributed by atoms with Gasteiger partial charge in [-0.25, -0.2) is 0 Å². The molecular formula is C12H25N3O. The maximum absolute atomic E-state index is 11.9. The van der Waals surface area contributed by atoms with Gasteiger partial charge in [0.15, 0.2) is 0 Å². The Morgan fingerprint density at radius 2 is 2.31 bits per heavy atom. The van der Waals surface area contributed by atoms with Gasteiger partial charge in [-0.1, -0.05) is 6.92 Å². The van der Waals surface area contributed by atoms with Crippen molar-refractivity contribution < 1.29 is 4.79 Å². The van der Waals surface area contributed by atoms with E-state index in [0.717, 1.165) is 26.1 Å². The van der Waals surface area contributed by atoms with E-state index in [2.05, 4.69) is 18.9 Å². The summed E-state index contributed by atoms with van der Waals surface area (Å²) < 4.78 is 0. The van der Waals surface area contributed by atoms with E-state index in [-0.39, 0.29) is 5.91 Å². The highest BCUT2D eigenvalue weighted by Crippen LogP contribution is 2.18. The zero-order chi connectivity index (χ0) is 12.1. The molecule has 1 aliphatic heterocycles. The van der Waals surface area contributed by atoms with Gasteiger partial charge in [-0.05, 0) is 38.4 Å². The van der Waals surface area contributed by atoms with Crippen LogP contribution in [0.1, 0.15) is 19.8 Å². The quantitative estimate of drug-likeness (QED) is 0.739. The standard InChI is InChI=1S/C12H25N3O/c1-10(7-13)8-15(3)12(16)6-11-4-5-14(2)9-11/h10-11H,4-9,13H2,1-3H3. The van der Waals surface area contributed by atoms with Crippen LogP contribution >= 0.6 is 0 Å². The fraction of sp³-hybridized carbons (Fsp3) is 0.917. The first-order valence-corrected chi connectivity index (χ1v) is 6.15. The van der Waals surface area contributed by atoms with Crippen LogP contribution in [-0.2, 0) is 4.79 Å². The van der Waals surface area contributed by atoms with E-state index < -0.39 is 0 Å². The van der Waals surface area contributed by atoms with Gasteiger partial charge in [0.2, 0.25) is 5.91 Å². The predicted molar refractivity (Wildman–Crippen MR) is 66.1 cm³/mol. The van der Waals surface area contributed by atoms with Crippen LogP contribution in [0.5, 0.6) is 0 Å². The first-order valence-electron chi connectivity index (χ1n) is 6.15. The minimum atomic E-state index is 0.264. The van der Waals surface area contributed by atoms with E-state index in [1.807, 2.05) is 11.9 Å². The Morgan fingerprint density at radius 3 is 2.81 bits per heavy atom. The summed E-state index contributed by atoms with van der Waals surface area (Å²) in [4.78, 5) is 16.0. The summed E-state index contributed by atoms with van der Waals surface area (Å²) in [5.41, 5.74) is 5.56. The van der Waals surface area contributed by atoms with Crippen molar-refractivity contribution in [3.05, 3.63) is 0 Å². The number of carbonyl (C=O) groups excluding carboxylic acids is 1. The molecule has 0 saturated carbocycles. The highest BCUT2D eigenvalue weighted by molar-refractivity contribution is 5.76. The van der Waals surface area contributed by atoms with Crippen molar-refractivity contribution in [2.75, 3.05) is 40.3 Å². The third-order valence-electron chi connectivity index (χ3n) is 3.37. The summed E-state index contributed by atoms with van der Waals surface area (Å²) in [6.07, 6.45) is 1.85. The molecule has 1 fully saturated rings. The number of likely N-dealkylation sites (tertiary alicyclic amines) is 1. The molecule has 16 heavy (non-hydrogen) atoms. The normalized spacial score (nSPS) is 23.4. The lowest BCUT2D eigenvalue weighted by atomic mass is 10.0. The van der Waals surface area contributed by atoms with Crippen molar-refractivity contribution in [2.24, 2.45) is 17.6 Å². The summed E-state index contributed by atoms with van der Waals surface area (Å²) in [5.74, 6) is 1.20. The molecule has 4 heteroatoms. The fourth-order valence-electron chi connectivity index (χ4n) is 2.24. The molecule has 1 amide bonds. The van der Waals surface area contributed by atoms with Crippen LogP contribution < -0.4 is 5.73 Å². The zero-order valence-electron chi connectivity index (χ0n) is 10.8. The number of rotatable bonds is 5. The largest absolute Gasteiger partial charge is 0.345 e. The van der Waals surface area contributed by atoms with Gasteiger partial charge in [0, 0.05) is 26.6 Å². The van der Waals surface area contributed by atoms with Crippen molar-refractivity contribution in [3.63, 3.8) is 0 Å². The number of nitrogens with zero attached hydrogens (tertiary/aromatic N) is 2. The SMILES string of the molecule is CC(CN)CN(C)C(=O)CC1CCN(C)C1. The van der Waals surface area contributed by atoms with Crippen LogP contribution in [0.25, 0.3) is 0 Å². The zero-order valence-corrected chi connectivity index (χ0v) is 10.8. The second kappa shape index (κ2) is 6.21. The molecule has 2 unspecified atom stereocenters. The van der Waals surface area contributed by atoms with Crippen LogP contribution in [0.4, 0.5) is 0 Å². The summed E-state index contributed by atoms with van der Waals surface area (Å²) in [7, 11) is 4.00. The van der Waals surface area contributed by atoms with Gasteiger partial charge < -0.3 is 15.5 Å². The Bertz CT molecular complexity index is 232. The Kier molecular flexibility index (Phi) is 5.22. The van der Waals surface area contributed by atoms with Gasteiger partial charge in [-0.2, -0.15) is 0 Å². The Balaban J connectivity index is 2.28. The van der Waals surface area contributed by atoms with E-state index in [0.29, 0.717) is 24.8 Å². The molecule has 0 radical (unpaired) electrons. The number of amides is 1. The smallest absolute Gasteiger partial charge is 0.222 e. The summed E-state index contributed by atoms with van der Waals surface area (Å²) >= 11 is 0. The van der Waals surface area contributed by atoms with E-state index in [1.54, 1.807) is 0 Å². The second-order valence-corrected chi connectivity index (χ2v) is 5.24. The topological polar surface area (TPSA) is 49.6 Å². The molecule has 0 aliphatic carbocycles. The molecule has 1 saturated heterocycles. The van der Waals surface area contributed by atoms with Gasteiger partial charge in [0.25, 0.3) is 0 Å². The lowest BCUT2D eigenvalue weighted by molar-refractivity contribution is -0.131. The van der Waals surface area contributed by atoms with Crippen molar-refractivity contribution >= 4 is 5.91 Å². The molecule has 2 atom stereocenters. The molecule has 1 heterocycles. The van der Waals surface area contributed by atoms with E-state index in [1.165, 1.54) is 0 Å². The Labute approximate surface area is 98.8 Å². The molecule has 0 aromatic heterocycles. The Morgan fingerprint density at radius 1 is 1.62 bits per heavy atom. The van der Waals surface area contributed by atoms with Crippen LogP contribution in [0.2, 0.25) is 0 Å². The first kappa shape index (κ1) is 13.5. The lowest BCUT2D eigenvalue weighted by Crippen LogP contribution is -2.34. The molecular weight excluding hydrogens is 202 g/mol. The monoisotopic (exact) mass is 227 g/mol. The maximum Gasteiger partial charge on any atom is 0.222 e. The molecule has 0 aromatic rings. The lowest BCUT2D eigenvalue weighted by Gasteiger charge is -2.22.